The summed E-state index contributed by atoms with van der Waals surface area (Å²) in [5.41, 5.74) is 5.06. The van der Waals surface area contributed by atoms with Crippen molar-refractivity contribution in [2.75, 3.05) is 36.5 Å². The van der Waals surface area contributed by atoms with Crippen molar-refractivity contribution < 1.29 is 19.1 Å². The van der Waals surface area contributed by atoms with Crippen LogP contribution in [0.2, 0.25) is 0 Å². The maximum atomic E-state index is 13.2. The van der Waals surface area contributed by atoms with Gasteiger partial charge in [0.1, 0.15) is 11.9 Å². The van der Waals surface area contributed by atoms with Gasteiger partial charge in [-0.25, -0.2) is 9.97 Å². The lowest BCUT2D eigenvalue weighted by Gasteiger charge is -2.22. The first-order valence-electron chi connectivity index (χ1n) is 12.3. The lowest BCUT2D eigenvalue weighted by atomic mass is 9.97. The quantitative estimate of drug-likeness (QED) is 0.439. The zero-order valence-electron chi connectivity index (χ0n) is 20.1. The summed E-state index contributed by atoms with van der Waals surface area (Å²) in [7, 11) is 0. The van der Waals surface area contributed by atoms with E-state index in [0.29, 0.717) is 37.0 Å². The highest BCUT2D eigenvalue weighted by molar-refractivity contribution is 6.05. The largest absolute Gasteiger partial charge is 0.444 e. The number of rotatable bonds is 5. The normalized spacial score (nSPS) is 18.7. The number of aryl methyl sites for hydroxylation is 1. The Bertz CT molecular complexity index is 1410. The van der Waals surface area contributed by atoms with E-state index in [9.17, 15) is 9.90 Å². The molecule has 4 aromatic heterocycles. The number of pyridine rings is 2. The van der Waals surface area contributed by atoms with Crippen molar-refractivity contribution in [3.8, 4) is 11.5 Å². The van der Waals surface area contributed by atoms with Crippen LogP contribution in [0.15, 0.2) is 47.5 Å². The van der Waals surface area contributed by atoms with Gasteiger partial charge in [-0.3, -0.25) is 9.78 Å². The van der Waals surface area contributed by atoms with E-state index < -0.39 is 6.10 Å². The van der Waals surface area contributed by atoms with Crippen LogP contribution in [-0.2, 0) is 4.74 Å². The first-order chi connectivity index (χ1) is 17.5. The highest BCUT2D eigenvalue weighted by atomic mass is 16.5. The van der Waals surface area contributed by atoms with Gasteiger partial charge in [0.2, 0.25) is 5.89 Å². The van der Waals surface area contributed by atoms with Gasteiger partial charge in [-0.15, -0.1) is 0 Å². The molecule has 2 N–H and O–H groups in total. The molecule has 10 nitrogen and oxygen atoms in total. The first kappa shape index (κ1) is 22.7. The second kappa shape index (κ2) is 9.36. The van der Waals surface area contributed by atoms with Gasteiger partial charge in [0.05, 0.1) is 23.2 Å². The molecule has 186 valence electrons. The number of nitrogens with zero attached hydrogens (tertiary/aromatic N) is 5. The van der Waals surface area contributed by atoms with Crippen LogP contribution in [0.4, 0.5) is 11.4 Å². The van der Waals surface area contributed by atoms with E-state index in [-0.39, 0.29) is 11.6 Å². The van der Waals surface area contributed by atoms with Crippen molar-refractivity contribution in [3.05, 3.63) is 60.1 Å². The van der Waals surface area contributed by atoms with E-state index in [2.05, 4.69) is 20.2 Å². The van der Waals surface area contributed by atoms with E-state index in [4.69, 9.17) is 14.1 Å². The summed E-state index contributed by atoms with van der Waals surface area (Å²) in [4.78, 5) is 28.7. The number of fused-ring (bicyclic) bond motifs is 1. The van der Waals surface area contributed by atoms with E-state index in [1.807, 2.05) is 35.9 Å². The number of hydrogen-bond donors (Lipinski definition) is 2. The van der Waals surface area contributed by atoms with Crippen molar-refractivity contribution in [1.29, 1.82) is 0 Å². The molecule has 0 spiro atoms. The monoisotopic (exact) mass is 488 g/mol. The number of aromatic nitrogens is 4. The van der Waals surface area contributed by atoms with Crippen LogP contribution in [-0.4, -0.2) is 62.8 Å². The van der Waals surface area contributed by atoms with Crippen molar-refractivity contribution in [2.45, 2.75) is 38.2 Å². The summed E-state index contributed by atoms with van der Waals surface area (Å²) in [6, 6.07) is 5.62. The Morgan fingerprint density at radius 2 is 2.03 bits per heavy atom. The third-order valence-corrected chi connectivity index (χ3v) is 6.86. The summed E-state index contributed by atoms with van der Waals surface area (Å²) in [6.45, 7) is 4.58. The Morgan fingerprint density at radius 3 is 2.81 bits per heavy atom. The molecule has 1 unspecified atom stereocenters. The standard InChI is InChI=1S/C26H28N6O4/c1-16-10-18(2-6-27-16)26-30-22(15-36-26)25(34)29-21-14-32-13-20(17-4-8-35-9-5-17)28-24(32)11-23(21)31-7-3-19(33)12-31/h2,6,10-11,13-15,17,19,33H,3-5,7-9,12H2,1H3,(H,29,34). The molecule has 1 atom stereocenters. The number of aliphatic hydroxyl groups is 1. The minimum absolute atomic E-state index is 0.181. The van der Waals surface area contributed by atoms with E-state index in [0.717, 1.165) is 54.3 Å². The fourth-order valence-corrected chi connectivity index (χ4v) is 4.93. The van der Waals surface area contributed by atoms with Gasteiger partial charge < -0.3 is 28.9 Å². The summed E-state index contributed by atoms with van der Waals surface area (Å²) in [5.74, 6) is 0.347. The van der Waals surface area contributed by atoms with Gasteiger partial charge in [0, 0.05) is 68.1 Å². The average molecular weight is 489 g/mol. The number of hydrogen-bond acceptors (Lipinski definition) is 8. The number of amides is 1. The Morgan fingerprint density at radius 1 is 1.17 bits per heavy atom. The minimum atomic E-state index is -0.399. The highest BCUT2D eigenvalue weighted by Crippen LogP contribution is 2.33. The van der Waals surface area contributed by atoms with Gasteiger partial charge in [-0.2, -0.15) is 0 Å². The number of carbonyl (C=O) groups is 1. The van der Waals surface area contributed by atoms with Crippen LogP contribution in [0.25, 0.3) is 17.1 Å². The molecule has 1 amide bonds. The van der Waals surface area contributed by atoms with Crippen LogP contribution < -0.4 is 10.2 Å². The van der Waals surface area contributed by atoms with Gasteiger partial charge in [-0.1, -0.05) is 0 Å². The predicted octanol–water partition coefficient (Wildman–Crippen LogP) is 3.41. The van der Waals surface area contributed by atoms with E-state index >= 15 is 0 Å². The molecule has 2 fully saturated rings. The fourth-order valence-electron chi connectivity index (χ4n) is 4.93. The van der Waals surface area contributed by atoms with E-state index in [1.165, 1.54) is 6.26 Å². The molecular weight excluding hydrogens is 460 g/mol. The molecule has 0 radical (unpaired) electrons. The lowest BCUT2D eigenvalue weighted by Crippen LogP contribution is -2.24. The SMILES string of the molecule is Cc1cc(-c2nc(C(=O)Nc3cn4cc(C5CCOCC5)nc4cc3N3CCC(O)C3)co2)ccn1. The summed E-state index contributed by atoms with van der Waals surface area (Å²) >= 11 is 0. The van der Waals surface area contributed by atoms with Crippen LogP contribution in [0.3, 0.4) is 0 Å². The zero-order valence-corrected chi connectivity index (χ0v) is 20.1. The summed E-state index contributed by atoms with van der Waals surface area (Å²) in [6.07, 6.45) is 9.13. The second-order valence-corrected chi connectivity index (χ2v) is 9.46. The molecule has 0 bridgehead atoms. The molecular formula is C26H28N6O4. The number of carbonyl (C=O) groups excluding carboxylic acids is 1. The summed E-state index contributed by atoms with van der Waals surface area (Å²) < 4.78 is 13.0. The molecule has 36 heavy (non-hydrogen) atoms. The van der Waals surface area contributed by atoms with Crippen LogP contribution in [0, 0.1) is 6.92 Å². The maximum absolute atomic E-state index is 13.2. The van der Waals surface area contributed by atoms with Gasteiger partial charge >= 0.3 is 0 Å². The van der Waals surface area contributed by atoms with E-state index in [1.54, 1.807) is 12.3 Å². The topological polar surface area (TPSA) is 118 Å². The Kier molecular flexibility index (Phi) is 5.90. The van der Waals surface area contributed by atoms with Crippen LogP contribution in [0.5, 0.6) is 0 Å². The maximum Gasteiger partial charge on any atom is 0.277 e. The minimum Gasteiger partial charge on any atom is -0.444 e. The number of nitrogens with one attached hydrogen (secondary N) is 1. The van der Waals surface area contributed by atoms with Crippen LogP contribution >= 0.6 is 0 Å². The second-order valence-electron chi connectivity index (χ2n) is 9.46. The van der Waals surface area contributed by atoms with Crippen molar-refractivity contribution in [1.82, 2.24) is 19.4 Å². The molecule has 2 saturated heterocycles. The number of aliphatic hydroxyl groups excluding tert-OH is 1. The molecule has 0 aliphatic carbocycles. The molecule has 0 saturated carbocycles. The Balaban J connectivity index is 1.31. The molecule has 6 rings (SSSR count). The molecule has 10 heteroatoms. The zero-order chi connectivity index (χ0) is 24.6. The molecule has 0 aromatic carbocycles. The number of β-amino-alcohol motifs (C(OH)–C–C–N with tert-alkyl or cyclic N) is 1. The Hall–Kier alpha value is -3.76. The lowest BCUT2D eigenvalue weighted by molar-refractivity contribution is 0.0846. The number of ether oxygens (including phenoxy) is 1. The molecule has 6 heterocycles. The number of oxazole rings is 1. The summed E-state index contributed by atoms with van der Waals surface area (Å²) in [5, 5.41) is 13.2. The smallest absolute Gasteiger partial charge is 0.277 e. The van der Waals surface area contributed by atoms with Crippen molar-refractivity contribution in [3.63, 3.8) is 0 Å². The van der Waals surface area contributed by atoms with Crippen molar-refractivity contribution >= 4 is 22.9 Å². The first-order valence-corrected chi connectivity index (χ1v) is 12.3. The third kappa shape index (κ3) is 4.45. The highest BCUT2D eigenvalue weighted by Gasteiger charge is 2.26. The van der Waals surface area contributed by atoms with Gasteiger partial charge in [0.25, 0.3) is 5.91 Å². The molecule has 2 aliphatic rings. The third-order valence-electron chi connectivity index (χ3n) is 6.86. The fraction of sp³-hybridized carbons (Fsp3) is 0.385. The number of anilines is 2. The predicted molar refractivity (Wildman–Crippen MR) is 133 cm³/mol. The molecule has 4 aromatic rings. The van der Waals surface area contributed by atoms with Gasteiger partial charge in [-0.05, 0) is 38.3 Å². The number of imidazole rings is 1. The average Bonchev–Trinajstić information content (AvgIpc) is 3.63. The van der Waals surface area contributed by atoms with Gasteiger partial charge in [0.15, 0.2) is 5.69 Å². The Labute approximate surface area is 207 Å². The van der Waals surface area contributed by atoms with Crippen molar-refractivity contribution in [2.24, 2.45) is 0 Å². The molecule has 2 aliphatic heterocycles. The van der Waals surface area contributed by atoms with Crippen LogP contribution in [0.1, 0.15) is 47.1 Å².